The number of ether oxygens (including phenoxy) is 1. The quantitative estimate of drug-likeness (QED) is 0.828. The van der Waals surface area contributed by atoms with Gasteiger partial charge in [-0.05, 0) is 12.1 Å². The van der Waals surface area contributed by atoms with Crippen LogP contribution in [0.2, 0.25) is 15.1 Å². The molecule has 0 aliphatic rings. The van der Waals surface area contributed by atoms with Crippen LogP contribution in [0.1, 0.15) is 0 Å². The van der Waals surface area contributed by atoms with Gasteiger partial charge in [0.2, 0.25) is 0 Å². The third-order valence-corrected chi connectivity index (χ3v) is 2.96. The predicted octanol–water partition coefficient (Wildman–Crippen LogP) is 4.56. The maximum Gasteiger partial charge on any atom is 0.256 e. The van der Waals surface area contributed by atoms with E-state index >= 15 is 0 Å². The molecule has 2 rings (SSSR count). The number of pyridine rings is 1. The molecule has 0 bridgehead atoms. The van der Waals surface area contributed by atoms with Crippen LogP contribution in [0, 0.1) is 5.82 Å². The third-order valence-electron chi connectivity index (χ3n) is 2.03. The van der Waals surface area contributed by atoms with Crippen molar-refractivity contribution in [1.82, 2.24) is 4.98 Å². The van der Waals surface area contributed by atoms with Gasteiger partial charge in [0.1, 0.15) is 0 Å². The Morgan fingerprint density at radius 2 is 1.78 bits per heavy atom. The van der Waals surface area contributed by atoms with Crippen molar-refractivity contribution < 1.29 is 9.13 Å². The van der Waals surface area contributed by atoms with Gasteiger partial charge in [-0.3, -0.25) is 0 Å². The Morgan fingerprint density at radius 1 is 1.11 bits per heavy atom. The molecule has 1 heterocycles. The molecule has 2 N–H and O–H groups in total. The summed E-state index contributed by atoms with van der Waals surface area (Å²) < 4.78 is 18.7. The van der Waals surface area contributed by atoms with Crippen LogP contribution in [-0.4, -0.2) is 4.98 Å². The topological polar surface area (TPSA) is 48.1 Å². The largest absolute Gasteiger partial charge is 0.434 e. The van der Waals surface area contributed by atoms with Gasteiger partial charge in [-0.15, -0.1) is 0 Å². The number of hydrogen-bond donors (Lipinski definition) is 1. The normalized spacial score (nSPS) is 10.4. The minimum Gasteiger partial charge on any atom is -0.434 e. The van der Waals surface area contributed by atoms with Crippen molar-refractivity contribution in [3.8, 4) is 11.6 Å². The van der Waals surface area contributed by atoms with Gasteiger partial charge in [-0.2, -0.15) is 0 Å². The SMILES string of the molecule is Nc1cc(Cl)c(Cl)cc1Oc1ncc(Cl)cc1F. The Labute approximate surface area is 117 Å². The van der Waals surface area contributed by atoms with Crippen LogP contribution >= 0.6 is 34.8 Å². The summed E-state index contributed by atoms with van der Waals surface area (Å²) in [7, 11) is 0. The Kier molecular flexibility index (Phi) is 3.80. The van der Waals surface area contributed by atoms with Crippen molar-refractivity contribution in [2.24, 2.45) is 0 Å². The van der Waals surface area contributed by atoms with Gasteiger partial charge < -0.3 is 10.5 Å². The average molecular weight is 308 g/mol. The summed E-state index contributed by atoms with van der Waals surface area (Å²) in [5.41, 5.74) is 5.90. The molecule has 7 heteroatoms. The Balaban J connectivity index is 2.37. The second-order valence-electron chi connectivity index (χ2n) is 3.35. The van der Waals surface area contributed by atoms with Crippen LogP contribution < -0.4 is 10.5 Å². The molecular formula is C11H6Cl3FN2O. The van der Waals surface area contributed by atoms with E-state index in [0.717, 1.165) is 6.07 Å². The van der Waals surface area contributed by atoms with Gasteiger partial charge in [0.05, 0.1) is 20.8 Å². The lowest BCUT2D eigenvalue weighted by molar-refractivity contribution is 0.424. The second-order valence-corrected chi connectivity index (χ2v) is 4.60. The fourth-order valence-electron chi connectivity index (χ4n) is 1.21. The summed E-state index contributed by atoms with van der Waals surface area (Å²) in [5, 5.41) is 0.697. The van der Waals surface area contributed by atoms with Crippen LogP contribution in [0.4, 0.5) is 10.1 Å². The highest BCUT2D eigenvalue weighted by Gasteiger charge is 2.11. The average Bonchev–Trinajstić information content (AvgIpc) is 2.29. The number of hydrogen-bond acceptors (Lipinski definition) is 3. The van der Waals surface area contributed by atoms with E-state index < -0.39 is 5.82 Å². The van der Waals surface area contributed by atoms with Gasteiger partial charge in [-0.1, -0.05) is 34.8 Å². The standard InChI is InChI=1S/C11H6Cl3FN2O/c12-5-1-8(15)11(17-4-5)18-10-3-7(14)6(13)2-9(10)16/h1-4H,16H2. The molecule has 2 aromatic rings. The summed E-state index contributed by atoms with van der Waals surface area (Å²) in [6.45, 7) is 0. The van der Waals surface area contributed by atoms with E-state index in [4.69, 9.17) is 45.3 Å². The number of nitrogens with two attached hydrogens (primary N) is 1. The molecule has 0 radical (unpaired) electrons. The zero-order chi connectivity index (χ0) is 13.3. The molecule has 0 saturated carbocycles. The molecular weight excluding hydrogens is 301 g/mol. The van der Waals surface area contributed by atoms with Crippen LogP contribution in [0.15, 0.2) is 24.4 Å². The number of halogens is 4. The van der Waals surface area contributed by atoms with Crippen LogP contribution in [-0.2, 0) is 0 Å². The van der Waals surface area contributed by atoms with Crippen molar-refractivity contribution in [3.63, 3.8) is 0 Å². The highest BCUT2D eigenvalue weighted by atomic mass is 35.5. The van der Waals surface area contributed by atoms with Crippen molar-refractivity contribution in [2.75, 3.05) is 5.73 Å². The molecule has 0 aliphatic heterocycles. The summed E-state index contributed by atoms with van der Waals surface area (Å²) >= 11 is 17.2. The monoisotopic (exact) mass is 306 g/mol. The van der Waals surface area contributed by atoms with Gasteiger partial charge in [0.25, 0.3) is 5.88 Å². The predicted molar refractivity (Wildman–Crippen MR) is 70.2 cm³/mol. The minimum atomic E-state index is -0.701. The number of nitrogens with zero attached hydrogens (tertiary/aromatic N) is 1. The van der Waals surface area contributed by atoms with Crippen molar-refractivity contribution in [2.45, 2.75) is 0 Å². The van der Waals surface area contributed by atoms with Gasteiger partial charge in [0.15, 0.2) is 11.6 Å². The van der Waals surface area contributed by atoms with Crippen LogP contribution in [0.5, 0.6) is 11.6 Å². The Morgan fingerprint density at radius 3 is 2.44 bits per heavy atom. The minimum absolute atomic E-state index is 0.165. The lowest BCUT2D eigenvalue weighted by Crippen LogP contribution is -1.96. The lowest BCUT2D eigenvalue weighted by Gasteiger charge is -2.09. The second kappa shape index (κ2) is 5.18. The fourth-order valence-corrected chi connectivity index (χ4v) is 1.68. The zero-order valence-electron chi connectivity index (χ0n) is 8.75. The molecule has 0 saturated heterocycles. The maximum absolute atomic E-state index is 13.5. The molecule has 0 amide bonds. The number of aromatic nitrogens is 1. The van der Waals surface area contributed by atoms with Gasteiger partial charge >= 0.3 is 0 Å². The van der Waals surface area contributed by atoms with E-state index in [1.165, 1.54) is 18.3 Å². The molecule has 0 aliphatic carbocycles. The summed E-state index contributed by atoms with van der Waals surface area (Å²) in [5.74, 6) is -0.782. The molecule has 1 aromatic heterocycles. The highest BCUT2D eigenvalue weighted by molar-refractivity contribution is 6.42. The van der Waals surface area contributed by atoms with E-state index in [2.05, 4.69) is 4.98 Å². The number of nitrogen functional groups attached to an aromatic ring is 1. The van der Waals surface area contributed by atoms with E-state index in [0.29, 0.717) is 0 Å². The molecule has 94 valence electrons. The Hall–Kier alpha value is -1.23. The van der Waals surface area contributed by atoms with Crippen molar-refractivity contribution >= 4 is 40.5 Å². The molecule has 0 spiro atoms. The molecule has 0 unspecified atom stereocenters. The molecule has 0 fully saturated rings. The first-order chi connectivity index (χ1) is 8.47. The third kappa shape index (κ3) is 2.77. The number of anilines is 1. The summed E-state index contributed by atoms with van der Waals surface area (Å²) in [4.78, 5) is 3.71. The van der Waals surface area contributed by atoms with Crippen LogP contribution in [0.25, 0.3) is 0 Å². The zero-order valence-corrected chi connectivity index (χ0v) is 11.0. The van der Waals surface area contributed by atoms with Gasteiger partial charge in [0, 0.05) is 12.3 Å². The van der Waals surface area contributed by atoms with Crippen LogP contribution in [0.3, 0.4) is 0 Å². The number of benzene rings is 1. The van der Waals surface area contributed by atoms with Crippen molar-refractivity contribution in [1.29, 1.82) is 0 Å². The van der Waals surface area contributed by atoms with E-state index in [1.807, 2.05) is 0 Å². The molecule has 1 aromatic carbocycles. The molecule has 18 heavy (non-hydrogen) atoms. The summed E-state index contributed by atoms with van der Waals surface area (Å²) in [6, 6.07) is 3.87. The maximum atomic E-state index is 13.5. The first kappa shape index (κ1) is 13.2. The molecule has 0 atom stereocenters. The molecule has 3 nitrogen and oxygen atoms in total. The van der Waals surface area contributed by atoms with E-state index in [-0.39, 0.29) is 32.4 Å². The van der Waals surface area contributed by atoms with E-state index in [1.54, 1.807) is 0 Å². The first-order valence-corrected chi connectivity index (χ1v) is 5.84. The summed E-state index contributed by atoms with van der Waals surface area (Å²) in [6.07, 6.45) is 1.26. The van der Waals surface area contributed by atoms with E-state index in [9.17, 15) is 4.39 Å². The Bertz CT molecular complexity index is 607. The fraction of sp³-hybridized carbons (Fsp3) is 0. The van der Waals surface area contributed by atoms with Crippen molar-refractivity contribution in [3.05, 3.63) is 45.3 Å². The lowest BCUT2D eigenvalue weighted by atomic mass is 10.3. The van der Waals surface area contributed by atoms with Gasteiger partial charge in [-0.25, -0.2) is 9.37 Å². The highest BCUT2D eigenvalue weighted by Crippen LogP contribution is 2.35. The number of rotatable bonds is 2. The first-order valence-electron chi connectivity index (χ1n) is 4.71. The smallest absolute Gasteiger partial charge is 0.256 e.